The zero-order valence-electron chi connectivity index (χ0n) is 13.4. The molecule has 22 heavy (non-hydrogen) atoms. The van der Waals surface area contributed by atoms with Crippen molar-refractivity contribution in [2.24, 2.45) is 0 Å². The minimum atomic E-state index is 0.290. The lowest BCUT2D eigenvalue weighted by Gasteiger charge is -2.16. The number of nitrogens with one attached hydrogen (secondary N) is 1. The first kappa shape index (κ1) is 14.9. The molecule has 1 unspecified atom stereocenters. The Hall–Kier alpha value is -2.00. The van der Waals surface area contributed by atoms with Crippen LogP contribution in [0.1, 0.15) is 36.4 Å². The van der Waals surface area contributed by atoms with Crippen molar-refractivity contribution in [3.8, 4) is 11.5 Å². The Morgan fingerprint density at radius 2 is 1.73 bits per heavy atom. The van der Waals surface area contributed by atoms with E-state index in [2.05, 4.69) is 54.7 Å². The Morgan fingerprint density at radius 3 is 2.41 bits per heavy atom. The maximum absolute atomic E-state index is 5.39. The zero-order valence-corrected chi connectivity index (χ0v) is 13.4. The van der Waals surface area contributed by atoms with Gasteiger partial charge in [0.25, 0.3) is 0 Å². The average Bonchev–Trinajstić information content (AvgIpc) is 3.34. The van der Waals surface area contributed by atoms with Crippen LogP contribution in [0.25, 0.3) is 0 Å². The maximum Gasteiger partial charge on any atom is 0.161 e. The lowest BCUT2D eigenvalue weighted by Crippen LogP contribution is -2.22. The fourth-order valence-electron chi connectivity index (χ4n) is 2.99. The van der Waals surface area contributed by atoms with Crippen molar-refractivity contribution in [3.05, 3.63) is 59.7 Å². The summed E-state index contributed by atoms with van der Waals surface area (Å²) < 4.78 is 10.7. The molecule has 0 heterocycles. The van der Waals surface area contributed by atoms with E-state index < -0.39 is 0 Å². The summed E-state index contributed by atoms with van der Waals surface area (Å²) in [4.78, 5) is 0. The summed E-state index contributed by atoms with van der Waals surface area (Å²) in [6.07, 6.45) is 1.21. The first-order chi connectivity index (χ1) is 10.7. The Kier molecular flexibility index (Phi) is 4.34. The van der Waals surface area contributed by atoms with Crippen LogP contribution >= 0.6 is 0 Å². The molecule has 0 bridgehead atoms. The minimum Gasteiger partial charge on any atom is -0.493 e. The van der Waals surface area contributed by atoms with Crippen molar-refractivity contribution in [3.63, 3.8) is 0 Å². The van der Waals surface area contributed by atoms with E-state index >= 15 is 0 Å². The summed E-state index contributed by atoms with van der Waals surface area (Å²) >= 11 is 0. The Morgan fingerprint density at radius 1 is 1.00 bits per heavy atom. The molecule has 0 spiro atoms. The Balaban J connectivity index is 1.65. The molecule has 3 rings (SSSR count). The minimum absolute atomic E-state index is 0.290. The van der Waals surface area contributed by atoms with Crippen LogP contribution in [0.4, 0.5) is 0 Å². The third kappa shape index (κ3) is 3.09. The van der Waals surface area contributed by atoms with Crippen molar-refractivity contribution < 1.29 is 9.47 Å². The third-order valence-electron chi connectivity index (χ3n) is 4.39. The van der Waals surface area contributed by atoms with Gasteiger partial charge in [-0.2, -0.15) is 0 Å². The molecule has 0 radical (unpaired) electrons. The molecule has 0 amide bonds. The molecule has 2 aromatic carbocycles. The van der Waals surface area contributed by atoms with Crippen LogP contribution in [0.3, 0.4) is 0 Å². The molecule has 116 valence electrons. The van der Waals surface area contributed by atoms with Gasteiger partial charge in [0.2, 0.25) is 0 Å². The SMILES string of the molecule is COc1ccc(C(C)N[C@@H]2C[C@H]2c2ccccc2)cc1OC. The van der Waals surface area contributed by atoms with E-state index in [4.69, 9.17) is 9.47 Å². The highest BCUT2D eigenvalue weighted by molar-refractivity contribution is 5.43. The van der Waals surface area contributed by atoms with Crippen molar-refractivity contribution in [2.45, 2.75) is 31.3 Å². The van der Waals surface area contributed by atoms with E-state index in [1.165, 1.54) is 17.5 Å². The Labute approximate surface area is 132 Å². The molecule has 1 saturated carbocycles. The fourth-order valence-corrected chi connectivity index (χ4v) is 2.99. The van der Waals surface area contributed by atoms with Crippen LogP contribution in [0, 0.1) is 0 Å². The summed E-state index contributed by atoms with van der Waals surface area (Å²) in [7, 11) is 3.33. The highest BCUT2D eigenvalue weighted by Crippen LogP contribution is 2.42. The highest BCUT2D eigenvalue weighted by Gasteiger charge is 2.38. The molecule has 3 atom stereocenters. The van der Waals surface area contributed by atoms with E-state index in [9.17, 15) is 0 Å². The second-order valence-electron chi connectivity index (χ2n) is 5.86. The molecule has 0 saturated heterocycles. The molecule has 0 aromatic heterocycles. The average molecular weight is 297 g/mol. The third-order valence-corrected chi connectivity index (χ3v) is 4.39. The van der Waals surface area contributed by atoms with Crippen LogP contribution in [0.2, 0.25) is 0 Å². The molecule has 3 heteroatoms. The molecule has 1 aliphatic rings. The Bertz CT molecular complexity index is 627. The smallest absolute Gasteiger partial charge is 0.161 e. The van der Waals surface area contributed by atoms with Crippen LogP contribution in [-0.2, 0) is 0 Å². The first-order valence-corrected chi connectivity index (χ1v) is 7.76. The number of methoxy groups -OCH3 is 2. The quantitative estimate of drug-likeness (QED) is 0.877. The predicted molar refractivity (Wildman–Crippen MR) is 88.7 cm³/mol. The van der Waals surface area contributed by atoms with Crippen molar-refractivity contribution >= 4 is 0 Å². The van der Waals surface area contributed by atoms with E-state index in [-0.39, 0.29) is 0 Å². The van der Waals surface area contributed by atoms with Gasteiger partial charge in [-0.15, -0.1) is 0 Å². The van der Waals surface area contributed by atoms with Gasteiger partial charge < -0.3 is 14.8 Å². The van der Waals surface area contributed by atoms with Gasteiger partial charge >= 0.3 is 0 Å². The number of hydrogen-bond acceptors (Lipinski definition) is 3. The molecule has 1 fully saturated rings. The first-order valence-electron chi connectivity index (χ1n) is 7.76. The monoisotopic (exact) mass is 297 g/mol. The molecule has 2 aromatic rings. The molecule has 1 aliphatic carbocycles. The lowest BCUT2D eigenvalue weighted by molar-refractivity contribution is 0.354. The summed E-state index contributed by atoms with van der Waals surface area (Å²) in [5.41, 5.74) is 2.65. The highest BCUT2D eigenvalue weighted by atomic mass is 16.5. The van der Waals surface area contributed by atoms with Gasteiger partial charge in [-0.05, 0) is 36.6 Å². The summed E-state index contributed by atoms with van der Waals surface area (Å²) in [6, 6.07) is 17.7. The lowest BCUT2D eigenvalue weighted by atomic mass is 10.1. The molecule has 0 aliphatic heterocycles. The topological polar surface area (TPSA) is 30.5 Å². The zero-order chi connectivity index (χ0) is 15.5. The van der Waals surface area contributed by atoms with Gasteiger partial charge in [0, 0.05) is 18.0 Å². The molecular weight excluding hydrogens is 274 g/mol. The van der Waals surface area contributed by atoms with Crippen LogP contribution in [0.15, 0.2) is 48.5 Å². The van der Waals surface area contributed by atoms with Crippen LogP contribution in [-0.4, -0.2) is 20.3 Å². The maximum atomic E-state index is 5.39. The molecular formula is C19H23NO2. The fraction of sp³-hybridized carbons (Fsp3) is 0.368. The van der Waals surface area contributed by atoms with E-state index in [1.807, 2.05) is 6.07 Å². The van der Waals surface area contributed by atoms with E-state index in [1.54, 1.807) is 14.2 Å². The van der Waals surface area contributed by atoms with Gasteiger partial charge in [0.05, 0.1) is 14.2 Å². The van der Waals surface area contributed by atoms with E-state index in [0.29, 0.717) is 18.0 Å². The van der Waals surface area contributed by atoms with Crippen LogP contribution < -0.4 is 14.8 Å². The van der Waals surface area contributed by atoms with Crippen molar-refractivity contribution in [1.29, 1.82) is 0 Å². The summed E-state index contributed by atoms with van der Waals surface area (Å²) in [5, 5.41) is 3.71. The van der Waals surface area contributed by atoms with Crippen molar-refractivity contribution in [1.82, 2.24) is 5.32 Å². The largest absolute Gasteiger partial charge is 0.493 e. The normalized spacial score (nSPS) is 21.2. The predicted octanol–water partition coefficient (Wildman–Crippen LogP) is 3.91. The second kappa shape index (κ2) is 6.41. The van der Waals surface area contributed by atoms with Gasteiger partial charge in [0.15, 0.2) is 11.5 Å². The van der Waals surface area contributed by atoms with Gasteiger partial charge in [-0.25, -0.2) is 0 Å². The summed E-state index contributed by atoms with van der Waals surface area (Å²) in [6.45, 7) is 2.20. The number of hydrogen-bond donors (Lipinski definition) is 1. The van der Waals surface area contributed by atoms with Crippen LogP contribution in [0.5, 0.6) is 11.5 Å². The standard InChI is InChI=1S/C19H23NO2/c1-13(15-9-10-18(21-2)19(11-15)22-3)20-17-12-16(17)14-7-5-4-6-8-14/h4-11,13,16-17,20H,12H2,1-3H3/t13?,16-,17+/m0/s1. The number of ether oxygens (including phenoxy) is 2. The van der Waals surface area contributed by atoms with Gasteiger partial charge in [-0.3, -0.25) is 0 Å². The second-order valence-corrected chi connectivity index (χ2v) is 5.86. The van der Waals surface area contributed by atoms with Gasteiger partial charge in [-0.1, -0.05) is 36.4 Å². The number of benzene rings is 2. The van der Waals surface area contributed by atoms with Crippen molar-refractivity contribution in [2.75, 3.05) is 14.2 Å². The number of rotatable bonds is 6. The van der Waals surface area contributed by atoms with Gasteiger partial charge in [0.1, 0.15) is 0 Å². The molecule has 3 nitrogen and oxygen atoms in total. The summed E-state index contributed by atoms with van der Waals surface area (Å²) in [5.74, 6) is 2.19. The molecule has 1 N–H and O–H groups in total. The van der Waals surface area contributed by atoms with E-state index in [0.717, 1.165) is 11.5 Å².